The summed E-state index contributed by atoms with van der Waals surface area (Å²) in [5.41, 5.74) is 0.541. The first kappa shape index (κ1) is 11.4. The summed E-state index contributed by atoms with van der Waals surface area (Å²) in [6.07, 6.45) is 1.48. The van der Waals surface area contributed by atoms with Crippen molar-refractivity contribution in [1.29, 1.82) is 0 Å². The van der Waals surface area contributed by atoms with Gasteiger partial charge in [0.25, 0.3) is 0 Å². The summed E-state index contributed by atoms with van der Waals surface area (Å²) < 4.78 is 25.8. The van der Waals surface area contributed by atoms with E-state index in [1.165, 1.54) is 12.1 Å². The van der Waals surface area contributed by atoms with Gasteiger partial charge in [0.1, 0.15) is 11.6 Å². The average Bonchev–Trinajstić information content (AvgIpc) is 2.17. The maximum atomic E-state index is 13.2. The molecule has 0 fully saturated rings. The molecule has 3 heteroatoms. The maximum Gasteiger partial charge on any atom is 0.129 e. The first-order chi connectivity index (χ1) is 6.67. The van der Waals surface area contributed by atoms with Gasteiger partial charge in [-0.2, -0.15) is 0 Å². The molecule has 1 aromatic carbocycles. The van der Waals surface area contributed by atoms with Crippen LogP contribution in [0.5, 0.6) is 0 Å². The molecule has 0 bridgehead atoms. The maximum absolute atomic E-state index is 13.2. The zero-order chi connectivity index (χ0) is 10.6. The van der Waals surface area contributed by atoms with Gasteiger partial charge >= 0.3 is 0 Å². The Balaban J connectivity index is 2.76. The lowest BCUT2D eigenvalue weighted by molar-refractivity contribution is 0.526. The SMILES string of the molecule is CCC(CCl)Cc1ccc(F)cc1F. The number of alkyl halides is 1. The van der Waals surface area contributed by atoms with E-state index in [0.29, 0.717) is 17.9 Å². The molecular weight excluding hydrogens is 206 g/mol. The van der Waals surface area contributed by atoms with Crippen molar-refractivity contribution >= 4 is 11.6 Å². The van der Waals surface area contributed by atoms with Crippen LogP contribution < -0.4 is 0 Å². The Labute approximate surface area is 87.9 Å². The molecule has 0 heterocycles. The normalized spacial score (nSPS) is 12.9. The molecule has 0 aliphatic rings. The molecule has 0 aliphatic carbocycles. The minimum absolute atomic E-state index is 0.261. The summed E-state index contributed by atoms with van der Waals surface area (Å²) in [5.74, 6) is -0.247. The van der Waals surface area contributed by atoms with Crippen molar-refractivity contribution in [1.82, 2.24) is 0 Å². The van der Waals surface area contributed by atoms with Crippen molar-refractivity contribution < 1.29 is 8.78 Å². The van der Waals surface area contributed by atoms with Crippen molar-refractivity contribution in [3.05, 3.63) is 35.4 Å². The molecule has 0 nitrogen and oxygen atoms in total. The fourth-order valence-electron chi connectivity index (χ4n) is 1.31. The van der Waals surface area contributed by atoms with Gasteiger partial charge in [-0.3, -0.25) is 0 Å². The smallest absolute Gasteiger partial charge is 0.129 e. The molecule has 1 rings (SSSR count). The molecule has 0 amide bonds. The van der Waals surface area contributed by atoms with Crippen LogP contribution in [0.3, 0.4) is 0 Å². The molecule has 1 aromatic rings. The third-order valence-electron chi connectivity index (χ3n) is 2.32. The van der Waals surface area contributed by atoms with Crippen LogP contribution in [0, 0.1) is 17.6 Å². The van der Waals surface area contributed by atoms with Crippen LogP contribution in [0.2, 0.25) is 0 Å². The van der Waals surface area contributed by atoms with Gasteiger partial charge < -0.3 is 0 Å². The van der Waals surface area contributed by atoms with E-state index in [0.717, 1.165) is 12.5 Å². The highest BCUT2D eigenvalue weighted by Crippen LogP contribution is 2.17. The zero-order valence-corrected chi connectivity index (χ0v) is 8.82. The predicted molar refractivity (Wildman–Crippen MR) is 54.6 cm³/mol. The van der Waals surface area contributed by atoms with E-state index in [9.17, 15) is 8.78 Å². The van der Waals surface area contributed by atoms with Crippen LogP contribution in [0.1, 0.15) is 18.9 Å². The lowest BCUT2D eigenvalue weighted by atomic mass is 9.98. The van der Waals surface area contributed by atoms with E-state index in [2.05, 4.69) is 0 Å². The summed E-state index contributed by atoms with van der Waals surface area (Å²) in [7, 11) is 0. The summed E-state index contributed by atoms with van der Waals surface area (Å²) in [4.78, 5) is 0. The van der Waals surface area contributed by atoms with Crippen molar-refractivity contribution in [2.75, 3.05) is 5.88 Å². The van der Waals surface area contributed by atoms with Crippen molar-refractivity contribution in [2.24, 2.45) is 5.92 Å². The largest absolute Gasteiger partial charge is 0.207 e. The molecule has 0 aromatic heterocycles. The average molecular weight is 219 g/mol. The molecule has 0 spiro atoms. The zero-order valence-electron chi connectivity index (χ0n) is 8.06. The van der Waals surface area contributed by atoms with Crippen LogP contribution in [-0.2, 0) is 6.42 Å². The fourth-order valence-corrected chi connectivity index (χ4v) is 1.63. The van der Waals surface area contributed by atoms with E-state index in [1.807, 2.05) is 6.92 Å². The minimum atomic E-state index is -0.537. The highest BCUT2D eigenvalue weighted by molar-refractivity contribution is 6.18. The lowest BCUT2D eigenvalue weighted by Gasteiger charge is -2.11. The van der Waals surface area contributed by atoms with Crippen molar-refractivity contribution in [3.8, 4) is 0 Å². The summed E-state index contributed by atoms with van der Waals surface area (Å²) in [6.45, 7) is 2.01. The summed E-state index contributed by atoms with van der Waals surface area (Å²) in [6, 6.07) is 3.68. The van der Waals surface area contributed by atoms with Crippen molar-refractivity contribution in [3.63, 3.8) is 0 Å². The minimum Gasteiger partial charge on any atom is -0.207 e. The highest BCUT2D eigenvalue weighted by atomic mass is 35.5. The second-order valence-electron chi connectivity index (χ2n) is 3.37. The Morgan fingerprint density at radius 1 is 1.36 bits per heavy atom. The van der Waals surface area contributed by atoms with Crippen LogP contribution in [0.25, 0.3) is 0 Å². The third-order valence-corrected chi connectivity index (χ3v) is 2.76. The fraction of sp³-hybridized carbons (Fsp3) is 0.455. The van der Waals surface area contributed by atoms with Crippen LogP contribution in [0.15, 0.2) is 18.2 Å². The Bertz CT molecular complexity index is 295. The van der Waals surface area contributed by atoms with Gasteiger partial charge in [-0.25, -0.2) is 8.78 Å². The van der Waals surface area contributed by atoms with E-state index in [-0.39, 0.29) is 5.92 Å². The third kappa shape index (κ3) is 2.95. The Morgan fingerprint density at radius 3 is 2.57 bits per heavy atom. The number of rotatable bonds is 4. The molecule has 0 saturated heterocycles. The molecule has 14 heavy (non-hydrogen) atoms. The van der Waals surface area contributed by atoms with Gasteiger partial charge in [0.15, 0.2) is 0 Å². The Morgan fingerprint density at radius 2 is 2.07 bits per heavy atom. The monoisotopic (exact) mass is 218 g/mol. The number of halogens is 3. The van der Waals surface area contributed by atoms with Gasteiger partial charge in [-0.05, 0) is 24.0 Å². The molecular formula is C11H13ClF2. The molecule has 0 radical (unpaired) electrons. The van der Waals surface area contributed by atoms with Crippen LogP contribution >= 0.6 is 11.6 Å². The Kier molecular flexibility index (Phi) is 4.33. The summed E-state index contributed by atoms with van der Waals surface area (Å²) >= 11 is 5.70. The van der Waals surface area contributed by atoms with Gasteiger partial charge in [-0.15, -0.1) is 11.6 Å². The number of hydrogen-bond acceptors (Lipinski definition) is 0. The lowest BCUT2D eigenvalue weighted by Crippen LogP contribution is -2.06. The number of hydrogen-bond donors (Lipinski definition) is 0. The first-order valence-corrected chi connectivity index (χ1v) is 5.20. The second-order valence-corrected chi connectivity index (χ2v) is 3.68. The first-order valence-electron chi connectivity index (χ1n) is 4.67. The van der Waals surface area contributed by atoms with E-state index < -0.39 is 11.6 Å². The van der Waals surface area contributed by atoms with E-state index in [1.54, 1.807) is 0 Å². The summed E-state index contributed by atoms with van der Waals surface area (Å²) in [5, 5.41) is 0. The topological polar surface area (TPSA) is 0 Å². The number of benzene rings is 1. The van der Waals surface area contributed by atoms with Crippen molar-refractivity contribution in [2.45, 2.75) is 19.8 Å². The van der Waals surface area contributed by atoms with E-state index >= 15 is 0 Å². The molecule has 1 atom stereocenters. The standard InChI is InChI=1S/C11H13ClF2/c1-2-8(7-12)5-9-3-4-10(13)6-11(9)14/h3-4,6,8H,2,5,7H2,1H3. The molecule has 0 aliphatic heterocycles. The van der Waals surface area contributed by atoms with E-state index in [4.69, 9.17) is 11.6 Å². The highest BCUT2D eigenvalue weighted by Gasteiger charge is 2.10. The molecule has 1 unspecified atom stereocenters. The quantitative estimate of drug-likeness (QED) is 0.675. The van der Waals surface area contributed by atoms with Gasteiger partial charge in [-0.1, -0.05) is 19.4 Å². The Hall–Kier alpha value is -0.630. The van der Waals surface area contributed by atoms with Crippen LogP contribution in [0.4, 0.5) is 8.78 Å². The predicted octanol–water partition coefficient (Wildman–Crippen LogP) is 3.77. The molecule has 78 valence electrons. The van der Waals surface area contributed by atoms with Gasteiger partial charge in [0.05, 0.1) is 0 Å². The molecule has 0 saturated carbocycles. The van der Waals surface area contributed by atoms with Crippen LogP contribution in [-0.4, -0.2) is 5.88 Å². The second kappa shape index (κ2) is 5.30. The van der Waals surface area contributed by atoms with Gasteiger partial charge in [0.2, 0.25) is 0 Å². The molecule has 0 N–H and O–H groups in total. The van der Waals surface area contributed by atoms with Gasteiger partial charge in [0, 0.05) is 11.9 Å².